The van der Waals surface area contributed by atoms with E-state index in [-0.39, 0.29) is 45.5 Å². The zero-order valence-corrected chi connectivity index (χ0v) is 35.6. The minimum atomic E-state index is -1.15. The van der Waals surface area contributed by atoms with E-state index < -0.39 is 17.4 Å². The topological polar surface area (TPSA) is 122 Å². The Hall–Kier alpha value is -2.38. The lowest BCUT2D eigenvalue weighted by atomic mass is 9.32. The Labute approximate surface area is 327 Å². The molecule has 10 atom stereocenters. The van der Waals surface area contributed by atoms with Crippen molar-refractivity contribution in [3.63, 3.8) is 0 Å². The number of esters is 1. The third-order valence-electron chi connectivity index (χ3n) is 17.2. The van der Waals surface area contributed by atoms with Crippen molar-refractivity contribution in [3.05, 3.63) is 12.2 Å². The van der Waals surface area contributed by atoms with Crippen LogP contribution in [0.15, 0.2) is 12.2 Å². The number of hydrogen-bond donors (Lipinski definition) is 3. The van der Waals surface area contributed by atoms with Crippen LogP contribution in [0.2, 0.25) is 0 Å². The maximum absolute atomic E-state index is 14.5. The third kappa shape index (κ3) is 7.55. The Morgan fingerprint density at radius 2 is 1.37 bits per heavy atom. The highest BCUT2D eigenvalue weighted by Gasteiger charge is 2.72. The minimum absolute atomic E-state index is 0.0397. The van der Waals surface area contributed by atoms with Crippen LogP contribution in [0.5, 0.6) is 0 Å². The van der Waals surface area contributed by atoms with Gasteiger partial charge >= 0.3 is 11.9 Å². The number of nitrogens with one attached hydrogen (secondary N) is 2. The van der Waals surface area contributed by atoms with Gasteiger partial charge in [0.25, 0.3) is 0 Å². The number of allylic oxidation sites excluding steroid dienone is 1. The van der Waals surface area contributed by atoms with Crippen molar-refractivity contribution in [2.75, 3.05) is 13.1 Å². The quantitative estimate of drug-likeness (QED) is 0.0871. The number of carboxylic acids is 1. The molecule has 2 amide bonds. The molecule has 0 unspecified atom stereocenters. The van der Waals surface area contributed by atoms with Crippen molar-refractivity contribution < 1.29 is 29.0 Å². The number of fused-ring (bicyclic) bond motifs is 7. The summed E-state index contributed by atoms with van der Waals surface area (Å²) in [6, 6.07) is 0. The van der Waals surface area contributed by atoms with Gasteiger partial charge in [-0.25, -0.2) is 0 Å². The summed E-state index contributed by atoms with van der Waals surface area (Å²) in [5.41, 5.74) is -0.00924. The van der Waals surface area contributed by atoms with Gasteiger partial charge in [0.1, 0.15) is 6.10 Å². The molecule has 8 heteroatoms. The van der Waals surface area contributed by atoms with Gasteiger partial charge in [0.05, 0.1) is 17.3 Å². The van der Waals surface area contributed by atoms with Gasteiger partial charge in [-0.05, 0) is 144 Å². The summed E-state index contributed by atoms with van der Waals surface area (Å²) < 4.78 is 6.18. The number of carbonyl (C=O) groups is 4. The van der Waals surface area contributed by atoms with Crippen LogP contribution in [0.4, 0.5) is 0 Å². The van der Waals surface area contributed by atoms with Crippen molar-refractivity contribution in [2.24, 2.45) is 62.1 Å². The summed E-state index contributed by atoms with van der Waals surface area (Å²) in [6.07, 6.45) is 16.8. The van der Waals surface area contributed by atoms with Crippen LogP contribution >= 0.6 is 0 Å². The molecule has 5 aliphatic carbocycles. The predicted octanol–water partition coefficient (Wildman–Crippen LogP) is 9.65. The molecule has 0 aliphatic heterocycles. The van der Waals surface area contributed by atoms with Crippen LogP contribution in [-0.4, -0.2) is 48.1 Å². The molecule has 0 aromatic rings. The zero-order valence-electron chi connectivity index (χ0n) is 35.6. The Bertz CT molecular complexity index is 1440. The van der Waals surface area contributed by atoms with Crippen molar-refractivity contribution in [1.29, 1.82) is 0 Å². The standard InChI is InChI=1S/C46H76N2O6/c1-30(2)32-19-24-46(39(51)48-28-16-14-12-11-13-15-27-47-31(3)49)26-25-44(9)33(38(32)46)17-18-35-43(8)22-21-36(54-37(50)29-41(4,5)40(52)53)42(6,7)34(43)20-23-45(35,44)10/h32-36,38H,1,11-29H2,2-10H3,(H,47,49)(H,48,51)(H,52,53)/t32-,33+,34-,35+,36-,38+,43-,44+,45+,46-/m0/s1. The predicted molar refractivity (Wildman–Crippen MR) is 214 cm³/mol. The van der Waals surface area contributed by atoms with E-state index in [2.05, 4.69) is 58.8 Å². The van der Waals surface area contributed by atoms with E-state index in [0.29, 0.717) is 35.5 Å². The molecule has 5 fully saturated rings. The second kappa shape index (κ2) is 15.9. The summed E-state index contributed by atoms with van der Waals surface area (Å²) in [5, 5.41) is 16.0. The van der Waals surface area contributed by atoms with Gasteiger partial charge in [0, 0.05) is 25.4 Å². The van der Waals surface area contributed by atoms with Crippen molar-refractivity contribution in [1.82, 2.24) is 10.6 Å². The first kappa shape index (κ1) is 42.8. The monoisotopic (exact) mass is 753 g/mol. The fourth-order valence-electron chi connectivity index (χ4n) is 14.0. The number of unbranched alkanes of at least 4 members (excludes halogenated alkanes) is 5. The van der Waals surface area contributed by atoms with Gasteiger partial charge in [0.15, 0.2) is 0 Å². The summed E-state index contributed by atoms with van der Waals surface area (Å²) in [7, 11) is 0. The molecule has 0 aromatic heterocycles. The molecule has 54 heavy (non-hydrogen) atoms. The van der Waals surface area contributed by atoms with Crippen molar-refractivity contribution >= 4 is 23.8 Å². The van der Waals surface area contributed by atoms with E-state index in [9.17, 15) is 24.3 Å². The number of ether oxygens (including phenoxy) is 1. The second-order valence-corrected chi connectivity index (χ2v) is 20.9. The SMILES string of the molecule is C=C(C)[C@@H]1CC[C@]2(C(=O)NCCCCCCCCNC(C)=O)CC[C@]3(C)[C@H](CC[C@@H]4[C@@]5(C)CC[C@H](OC(=O)CC(C)(C)C(=O)O)C(C)(C)[C@@H]5CC[C@]43C)[C@@H]12. The first-order valence-corrected chi connectivity index (χ1v) is 21.8. The van der Waals surface area contributed by atoms with Crippen LogP contribution in [0.3, 0.4) is 0 Å². The van der Waals surface area contributed by atoms with E-state index in [1.54, 1.807) is 20.8 Å². The summed E-state index contributed by atoms with van der Waals surface area (Å²) in [4.78, 5) is 50.4. The van der Waals surface area contributed by atoms with Gasteiger partial charge < -0.3 is 20.5 Å². The van der Waals surface area contributed by atoms with E-state index in [1.807, 2.05) is 0 Å². The molecule has 0 spiro atoms. The lowest BCUT2D eigenvalue weighted by Crippen LogP contribution is -2.67. The molecular weight excluding hydrogens is 677 g/mol. The Balaban J connectivity index is 1.27. The number of rotatable bonds is 15. The average Bonchev–Trinajstić information content (AvgIpc) is 3.48. The highest BCUT2D eigenvalue weighted by atomic mass is 16.5. The Kier molecular flexibility index (Phi) is 12.6. The molecule has 306 valence electrons. The normalized spacial score (nSPS) is 38.2. The van der Waals surface area contributed by atoms with Crippen molar-refractivity contribution in [2.45, 2.75) is 178 Å². The molecule has 0 saturated heterocycles. The van der Waals surface area contributed by atoms with Crippen LogP contribution in [0, 0.1) is 62.1 Å². The third-order valence-corrected chi connectivity index (χ3v) is 17.2. The number of aliphatic carboxylic acids is 1. The number of hydrogen-bond acceptors (Lipinski definition) is 5. The molecule has 0 heterocycles. The van der Waals surface area contributed by atoms with Crippen LogP contribution < -0.4 is 10.6 Å². The zero-order chi connectivity index (χ0) is 39.9. The van der Waals surface area contributed by atoms with Gasteiger partial charge in [-0.15, -0.1) is 0 Å². The van der Waals surface area contributed by atoms with E-state index in [0.717, 1.165) is 109 Å². The van der Waals surface area contributed by atoms with E-state index in [1.165, 1.54) is 12.0 Å². The minimum Gasteiger partial charge on any atom is -0.481 e. The molecule has 5 aliphatic rings. The first-order chi connectivity index (χ1) is 25.2. The molecule has 8 nitrogen and oxygen atoms in total. The molecule has 5 rings (SSSR count). The number of carbonyl (C=O) groups excluding carboxylic acids is 3. The van der Waals surface area contributed by atoms with Crippen LogP contribution in [0.1, 0.15) is 171 Å². The maximum atomic E-state index is 14.5. The van der Waals surface area contributed by atoms with Gasteiger partial charge in [0.2, 0.25) is 11.8 Å². The Morgan fingerprint density at radius 1 is 0.741 bits per heavy atom. The van der Waals surface area contributed by atoms with Crippen LogP contribution in [-0.2, 0) is 23.9 Å². The maximum Gasteiger partial charge on any atom is 0.309 e. The van der Waals surface area contributed by atoms with Gasteiger partial charge in [-0.3, -0.25) is 19.2 Å². The summed E-state index contributed by atoms with van der Waals surface area (Å²) in [6.45, 7) is 25.4. The van der Waals surface area contributed by atoms with E-state index in [4.69, 9.17) is 4.74 Å². The molecular formula is C46H76N2O6. The summed E-state index contributed by atoms with van der Waals surface area (Å²) in [5.74, 6) is 1.15. The lowest BCUT2D eigenvalue weighted by Gasteiger charge is -2.72. The molecule has 0 radical (unpaired) electrons. The second-order valence-electron chi connectivity index (χ2n) is 20.9. The lowest BCUT2D eigenvalue weighted by molar-refractivity contribution is -0.249. The number of carboxylic acid groups (broad SMARTS) is 1. The highest BCUT2D eigenvalue weighted by Crippen LogP contribution is 2.77. The van der Waals surface area contributed by atoms with Crippen molar-refractivity contribution in [3.8, 4) is 0 Å². The molecule has 0 aromatic carbocycles. The fraction of sp³-hybridized carbons (Fsp3) is 0.870. The molecule has 5 saturated carbocycles. The highest BCUT2D eigenvalue weighted by molar-refractivity contribution is 5.84. The van der Waals surface area contributed by atoms with Gasteiger partial charge in [-0.1, -0.05) is 72.5 Å². The summed E-state index contributed by atoms with van der Waals surface area (Å²) >= 11 is 0. The molecule has 0 bridgehead atoms. The van der Waals surface area contributed by atoms with Gasteiger partial charge in [-0.2, -0.15) is 0 Å². The number of amides is 2. The van der Waals surface area contributed by atoms with Crippen LogP contribution in [0.25, 0.3) is 0 Å². The Morgan fingerprint density at radius 3 is 1.98 bits per heavy atom. The molecule has 3 N–H and O–H groups in total. The fourth-order valence-corrected chi connectivity index (χ4v) is 14.0. The van der Waals surface area contributed by atoms with E-state index >= 15 is 0 Å². The smallest absolute Gasteiger partial charge is 0.309 e. The first-order valence-electron chi connectivity index (χ1n) is 21.8. The average molecular weight is 753 g/mol. The largest absolute Gasteiger partial charge is 0.481 e.